The number of hydrogen-bond donors (Lipinski definition) is 2. The largest absolute Gasteiger partial charge is 0.495 e. The Hall–Kier alpha value is -1.85. The van der Waals surface area contributed by atoms with E-state index in [9.17, 15) is 10.2 Å². The first-order valence-electron chi connectivity index (χ1n) is 6.47. The Morgan fingerprint density at radius 1 is 1.30 bits per heavy atom. The van der Waals surface area contributed by atoms with E-state index in [1.807, 2.05) is 24.3 Å². The lowest BCUT2D eigenvalue weighted by atomic mass is 9.94. The quantitative estimate of drug-likeness (QED) is 0.874. The molecule has 1 aliphatic heterocycles. The number of nitrogens with zero attached hydrogens (tertiary/aromatic N) is 1. The minimum Gasteiger partial charge on any atom is -0.495 e. The van der Waals surface area contributed by atoms with Crippen LogP contribution in [-0.2, 0) is 0 Å². The predicted octanol–water partition coefficient (Wildman–Crippen LogP) is 1.81. The van der Waals surface area contributed by atoms with Crippen molar-refractivity contribution in [1.82, 2.24) is 4.98 Å². The highest BCUT2D eigenvalue weighted by Crippen LogP contribution is 2.47. The molecular formula is C15H17NO4. The van der Waals surface area contributed by atoms with Crippen molar-refractivity contribution >= 4 is 10.9 Å². The molecule has 0 saturated heterocycles. The number of hydrogen-bond acceptors (Lipinski definition) is 5. The molecule has 0 bridgehead atoms. The van der Waals surface area contributed by atoms with Gasteiger partial charge in [-0.2, -0.15) is 0 Å². The van der Waals surface area contributed by atoms with Gasteiger partial charge in [-0.15, -0.1) is 0 Å². The lowest BCUT2D eigenvalue weighted by Gasteiger charge is -2.26. The number of methoxy groups -OCH3 is 1. The molecule has 5 heteroatoms. The van der Waals surface area contributed by atoms with Crippen LogP contribution in [0.2, 0.25) is 0 Å². The molecule has 1 aliphatic rings. The highest BCUT2D eigenvalue weighted by atomic mass is 16.5. The number of ether oxygens (including phenoxy) is 2. The fourth-order valence-corrected chi connectivity index (χ4v) is 2.61. The predicted molar refractivity (Wildman–Crippen MR) is 74.0 cm³/mol. The zero-order chi connectivity index (χ0) is 14.5. The maximum absolute atomic E-state index is 10.4. The fraction of sp³-hybridized carbons (Fsp3) is 0.400. The van der Waals surface area contributed by atoms with E-state index in [2.05, 4.69) is 4.98 Å². The maximum Gasteiger partial charge on any atom is 0.224 e. The molecule has 5 nitrogen and oxygen atoms in total. The molecule has 0 saturated carbocycles. The van der Waals surface area contributed by atoms with Crippen molar-refractivity contribution in [2.75, 3.05) is 7.11 Å². The third-order valence-corrected chi connectivity index (χ3v) is 3.57. The van der Waals surface area contributed by atoms with Crippen molar-refractivity contribution in [3.05, 3.63) is 29.8 Å². The monoisotopic (exact) mass is 275 g/mol. The summed E-state index contributed by atoms with van der Waals surface area (Å²) in [5, 5.41) is 21.4. The molecule has 0 aliphatic carbocycles. The van der Waals surface area contributed by atoms with E-state index in [-0.39, 0.29) is 0 Å². The summed E-state index contributed by atoms with van der Waals surface area (Å²) in [4.78, 5) is 4.41. The van der Waals surface area contributed by atoms with E-state index >= 15 is 0 Å². The second-order valence-electron chi connectivity index (χ2n) is 5.52. The topological polar surface area (TPSA) is 71.8 Å². The van der Waals surface area contributed by atoms with E-state index in [0.717, 1.165) is 10.9 Å². The van der Waals surface area contributed by atoms with Crippen molar-refractivity contribution < 1.29 is 19.7 Å². The smallest absolute Gasteiger partial charge is 0.224 e. The number of fused-ring (bicyclic) bond motifs is 2. The van der Waals surface area contributed by atoms with Gasteiger partial charge in [0.25, 0.3) is 0 Å². The van der Waals surface area contributed by atoms with Gasteiger partial charge in [-0.05, 0) is 26.0 Å². The fourth-order valence-electron chi connectivity index (χ4n) is 2.61. The Morgan fingerprint density at radius 3 is 2.65 bits per heavy atom. The second-order valence-corrected chi connectivity index (χ2v) is 5.52. The van der Waals surface area contributed by atoms with Crippen molar-refractivity contribution in [3.63, 3.8) is 0 Å². The number of para-hydroxylation sites is 1. The highest BCUT2D eigenvalue weighted by Gasteiger charge is 2.45. The summed E-state index contributed by atoms with van der Waals surface area (Å²) < 4.78 is 11.1. The third kappa shape index (κ3) is 1.82. The standard InChI is InChI=1S/C15H17NO4/c1-15(2,18)13-11(17)10-12(19-3)8-6-4-5-7-9(8)16-14(10)20-13/h4-7,11,13,17-18H,1-3H3. The van der Waals surface area contributed by atoms with Gasteiger partial charge in [0, 0.05) is 5.39 Å². The van der Waals surface area contributed by atoms with E-state index in [1.165, 1.54) is 0 Å². The molecule has 2 heterocycles. The molecular weight excluding hydrogens is 258 g/mol. The van der Waals surface area contributed by atoms with Crippen LogP contribution in [0.1, 0.15) is 25.5 Å². The van der Waals surface area contributed by atoms with Gasteiger partial charge < -0.3 is 19.7 Å². The van der Waals surface area contributed by atoms with Crippen LogP contribution in [0.25, 0.3) is 10.9 Å². The van der Waals surface area contributed by atoms with Crippen LogP contribution >= 0.6 is 0 Å². The first-order chi connectivity index (χ1) is 9.43. The molecule has 3 rings (SSSR count). The molecule has 106 valence electrons. The lowest BCUT2D eigenvalue weighted by Crippen LogP contribution is -2.41. The minimum absolute atomic E-state index is 0.320. The SMILES string of the molecule is COc1c2c(nc3ccccc13)OC(C(C)(C)O)C2O. The zero-order valence-corrected chi connectivity index (χ0v) is 11.6. The average Bonchev–Trinajstić information content (AvgIpc) is 2.73. The van der Waals surface area contributed by atoms with Crippen molar-refractivity contribution in [1.29, 1.82) is 0 Å². The number of rotatable bonds is 2. The normalized spacial score (nSPS) is 21.6. The number of pyridine rings is 1. The highest BCUT2D eigenvalue weighted by molar-refractivity contribution is 5.88. The molecule has 2 aromatic rings. The molecule has 20 heavy (non-hydrogen) atoms. The van der Waals surface area contributed by atoms with Gasteiger partial charge in [-0.3, -0.25) is 0 Å². The molecule has 0 radical (unpaired) electrons. The summed E-state index contributed by atoms with van der Waals surface area (Å²) in [7, 11) is 1.55. The van der Waals surface area contributed by atoms with Crippen molar-refractivity contribution in [2.45, 2.75) is 31.7 Å². The Labute approximate surface area is 116 Å². The average molecular weight is 275 g/mol. The minimum atomic E-state index is -1.18. The molecule has 0 spiro atoms. The Balaban J connectivity index is 2.23. The van der Waals surface area contributed by atoms with Gasteiger partial charge in [-0.1, -0.05) is 12.1 Å². The van der Waals surface area contributed by atoms with Crippen LogP contribution in [0.4, 0.5) is 0 Å². The van der Waals surface area contributed by atoms with Crippen LogP contribution in [-0.4, -0.2) is 34.0 Å². The number of benzene rings is 1. The summed E-state index contributed by atoms with van der Waals surface area (Å²) in [6.45, 7) is 3.19. The van der Waals surface area contributed by atoms with Crippen molar-refractivity contribution in [3.8, 4) is 11.6 Å². The molecule has 2 atom stereocenters. The van der Waals surface area contributed by atoms with Gasteiger partial charge in [0.2, 0.25) is 5.88 Å². The van der Waals surface area contributed by atoms with E-state index in [0.29, 0.717) is 17.2 Å². The van der Waals surface area contributed by atoms with Gasteiger partial charge in [0.05, 0.1) is 23.8 Å². The molecule has 1 aromatic heterocycles. The van der Waals surface area contributed by atoms with E-state index < -0.39 is 17.8 Å². The summed E-state index contributed by atoms with van der Waals surface area (Å²) in [5.74, 6) is 0.866. The molecule has 2 unspecified atom stereocenters. The summed E-state index contributed by atoms with van der Waals surface area (Å²) in [6, 6.07) is 7.49. The zero-order valence-electron chi connectivity index (χ0n) is 11.6. The van der Waals surface area contributed by atoms with Crippen molar-refractivity contribution in [2.24, 2.45) is 0 Å². The summed E-state index contributed by atoms with van der Waals surface area (Å²) in [5.41, 5.74) is 0.0436. The van der Waals surface area contributed by atoms with Crippen LogP contribution < -0.4 is 9.47 Å². The van der Waals surface area contributed by atoms with Crippen LogP contribution in [0.3, 0.4) is 0 Å². The summed E-state index contributed by atoms with van der Waals surface area (Å²) >= 11 is 0. The van der Waals surface area contributed by atoms with Crippen LogP contribution in [0.5, 0.6) is 11.6 Å². The second kappa shape index (κ2) is 4.33. The van der Waals surface area contributed by atoms with Crippen LogP contribution in [0, 0.1) is 0 Å². The molecule has 0 amide bonds. The molecule has 2 N–H and O–H groups in total. The number of aliphatic hydroxyl groups excluding tert-OH is 1. The Bertz CT molecular complexity index is 663. The van der Waals surface area contributed by atoms with Gasteiger partial charge in [-0.25, -0.2) is 4.98 Å². The Morgan fingerprint density at radius 2 is 2.00 bits per heavy atom. The lowest BCUT2D eigenvalue weighted by molar-refractivity contribution is -0.0773. The first kappa shape index (κ1) is 13.1. The van der Waals surface area contributed by atoms with Gasteiger partial charge >= 0.3 is 0 Å². The van der Waals surface area contributed by atoms with Gasteiger partial charge in [0.1, 0.15) is 11.9 Å². The van der Waals surface area contributed by atoms with Crippen LogP contribution in [0.15, 0.2) is 24.3 Å². The maximum atomic E-state index is 10.4. The number of aromatic nitrogens is 1. The van der Waals surface area contributed by atoms with Gasteiger partial charge in [0.15, 0.2) is 6.10 Å². The number of aliphatic hydroxyl groups is 2. The molecule has 1 aromatic carbocycles. The Kier molecular flexibility index (Phi) is 2.84. The summed E-state index contributed by atoms with van der Waals surface area (Å²) in [6.07, 6.45) is -1.74. The van der Waals surface area contributed by atoms with E-state index in [1.54, 1.807) is 21.0 Å². The molecule has 0 fully saturated rings. The first-order valence-corrected chi connectivity index (χ1v) is 6.47. The van der Waals surface area contributed by atoms with E-state index in [4.69, 9.17) is 9.47 Å². The third-order valence-electron chi connectivity index (χ3n) is 3.57.